The summed E-state index contributed by atoms with van der Waals surface area (Å²) in [5.74, 6) is -0.870. The predicted octanol–water partition coefficient (Wildman–Crippen LogP) is 2.34. The second-order valence-electron chi connectivity index (χ2n) is 4.92. The van der Waals surface area contributed by atoms with Crippen LogP contribution < -0.4 is 0 Å². The molecule has 0 aliphatic rings. The third kappa shape index (κ3) is 5.21. The van der Waals surface area contributed by atoms with Gasteiger partial charge in [-0.25, -0.2) is 4.79 Å². The summed E-state index contributed by atoms with van der Waals surface area (Å²) in [5.41, 5.74) is 1.61. The lowest BCUT2D eigenvalue weighted by atomic mass is 10.2. The molecule has 118 valence electrons. The van der Waals surface area contributed by atoms with E-state index in [0.717, 1.165) is 24.2 Å². The average Bonchev–Trinajstić information content (AvgIpc) is 2.75. The molecule has 1 unspecified atom stereocenters. The number of carbonyl (C=O) groups excluding carboxylic acids is 2. The fourth-order valence-corrected chi connectivity index (χ4v) is 2.02. The van der Waals surface area contributed by atoms with Crippen molar-refractivity contribution in [3.8, 4) is 0 Å². The van der Waals surface area contributed by atoms with Crippen LogP contribution in [0.15, 0.2) is 6.07 Å². The van der Waals surface area contributed by atoms with Crippen LogP contribution in [0.25, 0.3) is 0 Å². The standard InChI is InChI=1S/C15H24N2O4/c1-5-7-8-21-15(19)13(10-14(18)20-6-2)17-12(4)9-11(3)16-17/h9,13H,5-8,10H2,1-4H3. The molecule has 0 aliphatic carbocycles. The van der Waals surface area contributed by atoms with Crippen LogP contribution in [-0.2, 0) is 19.1 Å². The van der Waals surface area contributed by atoms with Gasteiger partial charge >= 0.3 is 11.9 Å². The number of esters is 2. The molecular weight excluding hydrogens is 272 g/mol. The zero-order valence-electron chi connectivity index (χ0n) is 13.2. The Morgan fingerprint density at radius 3 is 2.52 bits per heavy atom. The van der Waals surface area contributed by atoms with E-state index in [4.69, 9.17) is 9.47 Å². The first-order chi connectivity index (χ1) is 9.99. The van der Waals surface area contributed by atoms with Crippen LogP contribution in [0, 0.1) is 13.8 Å². The van der Waals surface area contributed by atoms with Gasteiger partial charge in [0.2, 0.25) is 0 Å². The van der Waals surface area contributed by atoms with Crippen LogP contribution in [0.3, 0.4) is 0 Å². The lowest BCUT2D eigenvalue weighted by molar-refractivity contribution is -0.154. The van der Waals surface area contributed by atoms with Crippen LogP contribution in [0.4, 0.5) is 0 Å². The van der Waals surface area contributed by atoms with E-state index >= 15 is 0 Å². The second-order valence-corrected chi connectivity index (χ2v) is 4.92. The summed E-state index contributed by atoms with van der Waals surface area (Å²) in [4.78, 5) is 23.9. The number of unbranched alkanes of at least 4 members (excludes halogenated alkanes) is 1. The summed E-state index contributed by atoms with van der Waals surface area (Å²) in [6.07, 6.45) is 1.67. The molecule has 0 saturated heterocycles. The summed E-state index contributed by atoms with van der Waals surface area (Å²) in [6, 6.07) is 1.09. The fourth-order valence-electron chi connectivity index (χ4n) is 2.02. The van der Waals surface area contributed by atoms with Gasteiger partial charge in [-0.3, -0.25) is 9.48 Å². The van der Waals surface area contributed by atoms with Gasteiger partial charge in [-0.15, -0.1) is 0 Å². The molecule has 6 heteroatoms. The van der Waals surface area contributed by atoms with Gasteiger partial charge in [0.15, 0.2) is 6.04 Å². The van der Waals surface area contributed by atoms with Crippen molar-refractivity contribution in [2.45, 2.75) is 53.0 Å². The van der Waals surface area contributed by atoms with E-state index < -0.39 is 18.0 Å². The van der Waals surface area contributed by atoms with Gasteiger partial charge in [0, 0.05) is 5.69 Å². The third-order valence-electron chi connectivity index (χ3n) is 3.02. The van der Waals surface area contributed by atoms with Crippen LogP contribution >= 0.6 is 0 Å². The summed E-state index contributed by atoms with van der Waals surface area (Å²) in [6.45, 7) is 8.08. The molecule has 1 heterocycles. The van der Waals surface area contributed by atoms with E-state index in [-0.39, 0.29) is 13.0 Å². The number of nitrogens with zero attached hydrogens (tertiary/aromatic N) is 2. The van der Waals surface area contributed by atoms with Crippen molar-refractivity contribution in [3.63, 3.8) is 0 Å². The van der Waals surface area contributed by atoms with Gasteiger partial charge in [-0.2, -0.15) is 5.10 Å². The topological polar surface area (TPSA) is 70.4 Å². The molecule has 0 aliphatic heterocycles. The first-order valence-electron chi connectivity index (χ1n) is 7.34. The van der Waals surface area contributed by atoms with Crippen LogP contribution in [0.2, 0.25) is 0 Å². The Hall–Kier alpha value is -1.85. The highest BCUT2D eigenvalue weighted by atomic mass is 16.5. The molecular formula is C15H24N2O4. The monoisotopic (exact) mass is 296 g/mol. The molecule has 0 bridgehead atoms. The first kappa shape index (κ1) is 17.2. The highest BCUT2D eigenvalue weighted by molar-refractivity contribution is 5.81. The quantitative estimate of drug-likeness (QED) is 0.544. The van der Waals surface area contributed by atoms with Gasteiger partial charge in [0.1, 0.15) is 0 Å². The number of aromatic nitrogens is 2. The third-order valence-corrected chi connectivity index (χ3v) is 3.02. The molecule has 21 heavy (non-hydrogen) atoms. The van der Waals surface area contributed by atoms with Crippen molar-refractivity contribution in [1.82, 2.24) is 9.78 Å². The number of hydrogen-bond acceptors (Lipinski definition) is 5. The van der Waals surface area contributed by atoms with Gasteiger partial charge in [-0.1, -0.05) is 13.3 Å². The van der Waals surface area contributed by atoms with Crippen molar-refractivity contribution in [1.29, 1.82) is 0 Å². The number of carbonyl (C=O) groups is 2. The molecule has 1 atom stereocenters. The van der Waals surface area contributed by atoms with Crippen molar-refractivity contribution < 1.29 is 19.1 Å². The van der Waals surface area contributed by atoms with E-state index in [1.807, 2.05) is 26.8 Å². The maximum atomic E-state index is 12.2. The molecule has 1 aromatic rings. The number of rotatable bonds is 8. The van der Waals surface area contributed by atoms with Crippen molar-refractivity contribution in [3.05, 3.63) is 17.5 Å². The minimum absolute atomic E-state index is 0.0687. The highest BCUT2D eigenvalue weighted by Gasteiger charge is 2.28. The largest absolute Gasteiger partial charge is 0.466 e. The maximum Gasteiger partial charge on any atom is 0.331 e. The lowest BCUT2D eigenvalue weighted by Gasteiger charge is -2.17. The van der Waals surface area contributed by atoms with Crippen LogP contribution in [-0.4, -0.2) is 34.9 Å². The molecule has 0 amide bonds. The Labute approximate surface area is 125 Å². The smallest absolute Gasteiger partial charge is 0.331 e. The first-order valence-corrected chi connectivity index (χ1v) is 7.34. The highest BCUT2D eigenvalue weighted by Crippen LogP contribution is 2.18. The Bertz CT molecular complexity index is 482. The lowest BCUT2D eigenvalue weighted by Crippen LogP contribution is -2.27. The molecule has 0 radical (unpaired) electrons. The molecule has 0 spiro atoms. The summed E-state index contributed by atoms with van der Waals surface area (Å²) >= 11 is 0. The maximum absolute atomic E-state index is 12.2. The van der Waals surface area contributed by atoms with Crippen LogP contribution in [0.5, 0.6) is 0 Å². The summed E-state index contributed by atoms with van der Waals surface area (Å²) in [7, 11) is 0. The van der Waals surface area contributed by atoms with Crippen molar-refractivity contribution in [2.24, 2.45) is 0 Å². The number of aryl methyl sites for hydroxylation is 2. The minimum atomic E-state index is -0.769. The van der Waals surface area contributed by atoms with Gasteiger partial charge in [0.25, 0.3) is 0 Å². The normalized spacial score (nSPS) is 12.0. The molecule has 0 aromatic carbocycles. The minimum Gasteiger partial charge on any atom is -0.466 e. The Balaban J connectivity index is 2.86. The Kier molecular flexibility index (Phi) is 6.91. The zero-order chi connectivity index (χ0) is 15.8. The van der Waals surface area contributed by atoms with Gasteiger partial charge in [0.05, 0.1) is 25.3 Å². The molecule has 1 aromatic heterocycles. The zero-order valence-corrected chi connectivity index (χ0v) is 13.2. The van der Waals surface area contributed by atoms with E-state index in [0.29, 0.717) is 6.61 Å². The van der Waals surface area contributed by atoms with Gasteiger partial charge in [-0.05, 0) is 33.3 Å². The fraction of sp³-hybridized carbons (Fsp3) is 0.667. The summed E-state index contributed by atoms with van der Waals surface area (Å²) < 4.78 is 11.7. The van der Waals surface area contributed by atoms with Crippen molar-refractivity contribution >= 4 is 11.9 Å². The van der Waals surface area contributed by atoms with Crippen molar-refractivity contribution in [2.75, 3.05) is 13.2 Å². The van der Waals surface area contributed by atoms with E-state index in [9.17, 15) is 9.59 Å². The average molecular weight is 296 g/mol. The molecule has 0 N–H and O–H groups in total. The van der Waals surface area contributed by atoms with Crippen LogP contribution in [0.1, 0.15) is 50.5 Å². The van der Waals surface area contributed by atoms with E-state index in [1.165, 1.54) is 0 Å². The Morgan fingerprint density at radius 2 is 2.00 bits per heavy atom. The molecule has 1 rings (SSSR count). The molecule has 0 saturated carbocycles. The number of hydrogen-bond donors (Lipinski definition) is 0. The van der Waals surface area contributed by atoms with Gasteiger partial charge < -0.3 is 9.47 Å². The second kappa shape index (κ2) is 8.44. The molecule has 6 nitrogen and oxygen atoms in total. The predicted molar refractivity (Wildman–Crippen MR) is 77.9 cm³/mol. The Morgan fingerprint density at radius 1 is 1.29 bits per heavy atom. The summed E-state index contributed by atoms with van der Waals surface area (Å²) in [5, 5.41) is 4.28. The molecule has 0 fully saturated rings. The SMILES string of the molecule is CCCCOC(=O)C(CC(=O)OCC)n1nc(C)cc1C. The van der Waals surface area contributed by atoms with E-state index in [1.54, 1.807) is 11.6 Å². The van der Waals surface area contributed by atoms with E-state index in [2.05, 4.69) is 5.10 Å². The number of ether oxygens (including phenoxy) is 2.